The Bertz CT molecular complexity index is 2550. The van der Waals surface area contributed by atoms with Gasteiger partial charge in [0.1, 0.15) is 63.9 Å². The van der Waals surface area contributed by atoms with Crippen LogP contribution in [0.3, 0.4) is 0 Å². The lowest BCUT2D eigenvalue weighted by atomic mass is 10.2. The second-order valence-electron chi connectivity index (χ2n) is 22.3. The van der Waals surface area contributed by atoms with Gasteiger partial charge in [-0.15, -0.1) is 0 Å². The van der Waals surface area contributed by atoms with Crippen LogP contribution in [-0.2, 0) is 148 Å². The zero-order valence-electron chi connectivity index (χ0n) is 62.6. The minimum atomic E-state index is -1.40. The Kier molecular flexibility index (Phi) is 76.7. The van der Waals surface area contributed by atoms with Crippen molar-refractivity contribution in [2.75, 3.05) is 174 Å². The Morgan fingerprint density at radius 3 is 0.911 bits per heavy atom. The van der Waals surface area contributed by atoms with E-state index in [1.54, 1.807) is 13.8 Å². The van der Waals surface area contributed by atoms with Gasteiger partial charge in [-0.3, -0.25) is 67.2 Å². The highest BCUT2D eigenvalue weighted by Gasteiger charge is 2.31. The third kappa shape index (κ3) is 65.2. The van der Waals surface area contributed by atoms with Gasteiger partial charge in [0.25, 0.3) is 0 Å². The van der Waals surface area contributed by atoms with Gasteiger partial charge in [0.2, 0.25) is 23.6 Å². The first-order chi connectivity index (χ1) is 52.8. The topological polar surface area (TPSA) is 658 Å². The summed E-state index contributed by atoms with van der Waals surface area (Å²) < 4.78 is 92.5. The van der Waals surface area contributed by atoms with Crippen LogP contribution in [0, 0.1) is 11.8 Å². The number of carbonyl (C=O) groups excluding carboxylic acids is 10. The first-order valence-electron chi connectivity index (χ1n) is 33.5. The van der Waals surface area contributed by atoms with E-state index in [9.17, 15) is 98.1 Å². The highest BCUT2D eigenvalue weighted by Crippen LogP contribution is 2.14. The highest BCUT2D eigenvalue weighted by atomic mass is 128. The summed E-state index contributed by atoms with van der Waals surface area (Å²) in [6, 6.07) is 0. The van der Waals surface area contributed by atoms with Crippen molar-refractivity contribution in [3.8, 4) is 0 Å². The maximum atomic E-state index is 12.3. The van der Waals surface area contributed by atoms with Crippen LogP contribution in [0.2, 0.25) is 0 Å². The molecule has 1 heterocycles. The molecule has 1 rings (SSSR count). The third-order valence-corrected chi connectivity index (χ3v) is 13.1. The van der Waals surface area contributed by atoms with Crippen molar-refractivity contribution in [1.29, 1.82) is 0 Å². The minimum Gasteiger partial charge on any atom is -0.481 e. The predicted molar refractivity (Wildman–Crippen MR) is 390 cm³/mol. The molecule has 12 unspecified atom stereocenters. The average molecular weight is 1870 g/mol. The number of ether oxygens (including phenoxy) is 18. The number of halogens is 2. The largest absolute Gasteiger partial charge is 0.481 e. The smallest absolute Gasteiger partial charge is 0.325 e. The maximum absolute atomic E-state index is 12.3. The van der Waals surface area contributed by atoms with E-state index in [0.717, 1.165) is 12.0 Å². The quantitative estimate of drug-likeness (QED) is 0.00895. The maximum Gasteiger partial charge on any atom is 0.325 e. The minimum absolute atomic E-state index is 0. The van der Waals surface area contributed by atoms with Crippen LogP contribution >= 0.6 is 37.2 Å². The highest BCUT2D eigenvalue weighted by molar-refractivity contribution is 15.0. The summed E-state index contributed by atoms with van der Waals surface area (Å²) in [5.41, 5.74) is 0. The summed E-state index contributed by atoms with van der Waals surface area (Å²) >= 11 is 4.24. The normalized spacial score (nSPS) is 14.7. The van der Waals surface area contributed by atoms with Gasteiger partial charge in [-0.2, -0.15) is 0 Å². The van der Waals surface area contributed by atoms with E-state index in [1.807, 2.05) is 0 Å². The molecule has 1 saturated heterocycles. The number of hydrogen-bond acceptors (Lipinski definition) is 40. The summed E-state index contributed by atoms with van der Waals surface area (Å²) in [6.45, 7) is -4.09. The number of aliphatic carboxylic acids is 3. The van der Waals surface area contributed by atoms with Crippen LogP contribution in [-0.4, -0.2) is 380 Å². The van der Waals surface area contributed by atoms with E-state index in [0.29, 0.717) is 0 Å². The van der Waals surface area contributed by atoms with Crippen molar-refractivity contribution in [2.24, 2.45) is 11.8 Å². The van der Waals surface area contributed by atoms with Crippen molar-refractivity contribution >= 4 is 115 Å². The van der Waals surface area contributed by atoms with Gasteiger partial charge in [-0.05, 0) is 0 Å². The number of amides is 4. The van der Waals surface area contributed by atoms with Crippen molar-refractivity contribution in [3.05, 3.63) is 0 Å². The van der Waals surface area contributed by atoms with Gasteiger partial charge in [0.05, 0.1) is 146 Å². The fourth-order valence-electron chi connectivity index (χ4n) is 7.02. The molecular formula is C64H113I2N3O43. The van der Waals surface area contributed by atoms with Gasteiger partial charge < -0.3 is 157 Å². The third-order valence-electron chi connectivity index (χ3n) is 13.1. The van der Waals surface area contributed by atoms with Gasteiger partial charge >= 0.3 is 53.7 Å². The van der Waals surface area contributed by atoms with Crippen LogP contribution in [0.15, 0.2) is 0 Å². The summed E-state index contributed by atoms with van der Waals surface area (Å²) in [5.74, 6) is -9.70. The van der Waals surface area contributed by atoms with Crippen molar-refractivity contribution in [2.45, 2.75) is 148 Å². The Morgan fingerprint density at radius 2 is 0.625 bits per heavy atom. The molecule has 0 aromatic heterocycles. The zero-order chi connectivity index (χ0) is 85.1. The molecular weight excluding hydrogens is 1750 g/mol. The van der Waals surface area contributed by atoms with E-state index in [1.165, 1.54) is 28.4 Å². The number of hydrogen-bond donors (Lipinski definition) is 14. The van der Waals surface area contributed by atoms with Crippen molar-refractivity contribution in [1.82, 2.24) is 15.5 Å². The van der Waals surface area contributed by atoms with Gasteiger partial charge in [-0.1, -0.05) is 21.3 Å². The lowest BCUT2D eigenvalue weighted by Crippen LogP contribution is -2.39. The monoisotopic (exact) mass is 1870 g/mol. The molecule has 656 valence electrons. The molecule has 46 nitrogen and oxygen atoms in total. The number of esters is 6. The number of carboxylic acids is 3. The second-order valence-corrected chi connectivity index (χ2v) is 22.3. The lowest BCUT2D eigenvalue weighted by molar-refractivity contribution is -0.251. The molecule has 14 N–H and O–H groups in total. The Balaban J connectivity index is -0.000000515. The van der Waals surface area contributed by atoms with Gasteiger partial charge in [-0.25, -0.2) is 0 Å². The molecule has 0 aromatic carbocycles. The Hall–Kier alpha value is -6.07. The molecule has 1 aliphatic rings. The van der Waals surface area contributed by atoms with Crippen LogP contribution in [0.1, 0.15) is 85.5 Å². The van der Waals surface area contributed by atoms with Crippen molar-refractivity contribution in [3.63, 3.8) is 0 Å². The molecule has 0 aromatic rings. The van der Waals surface area contributed by atoms with Crippen LogP contribution in [0.25, 0.3) is 0 Å². The number of aliphatic hydroxyl groups excluding tert-OH is 9. The number of nitrogens with one attached hydrogen (secondary N) is 2. The van der Waals surface area contributed by atoms with E-state index >= 15 is 0 Å². The van der Waals surface area contributed by atoms with E-state index < -0.39 is 200 Å². The first-order valence-corrected chi connectivity index (χ1v) is 39.8. The summed E-state index contributed by atoms with van der Waals surface area (Å²) in [6.07, 6.45) is -13.3. The lowest BCUT2D eigenvalue weighted by Gasteiger charge is -2.28. The summed E-state index contributed by atoms with van der Waals surface area (Å²) in [5, 5.41) is 115. The number of imide groups is 1. The van der Waals surface area contributed by atoms with Crippen LogP contribution in [0.5, 0.6) is 0 Å². The van der Waals surface area contributed by atoms with Gasteiger partial charge in [0, 0.05) is 102 Å². The number of likely N-dealkylation sites (tertiary alicyclic amines) is 1. The number of carbonyl (C=O) groups is 13. The number of rotatable bonds is 61. The average Bonchev–Trinajstić information content (AvgIpc) is 1.79. The molecule has 4 amide bonds. The van der Waals surface area contributed by atoms with Crippen LogP contribution in [0.4, 0.5) is 0 Å². The number of nitrogens with zero attached hydrogens (tertiary/aromatic N) is 1. The fourth-order valence-corrected chi connectivity index (χ4v) is 7.02. The van der Waals surface area contributed by atoms with E-state index in [-0.39, 0.29) is 161 Å². The molecule has 0 aliphatic carbocycles. The molecule has 0 saturated carbocycles. The zero-order valence-corrected chi connectivity index (χ0v) is 66.9. The second kappa shape index (κ2) is 75.0. The summed E-state index contributed by atoms with van der Waals surface area (Å²) in [7, 11) is 6.09. The fraction of sp³-hybridized carbons (Fsp3) is 0.797. The molecule has 1 aliphatic heterocycles. The number of methoxy groups -OCH3 is 5. The first kappa shape index (κ1) is 114. The molecule has 0 spiro atoms. The summed E-state index contributed by atoms with van der Waals surface area (Å²) in [4.78, 5) is 144. The molecule has 1 fully saturated rings. The molecule has 12 atom stereocenters. The predicted octanol–water partition coefficient (Wildman–Crippen LogP) is -4.65. The molecule has 0 bridgehead atoms. The van der Waals surface area contributed by atoms with Crippen LogP contribution < -0.4 is 10.6 Å². The van der Waals surface area contributed by atoms with Gasteiger partial charge in [0.15, 0.2) is 37.7 Å². The number of carboxylic acid groups (broad SMARTS) is 3. The number of aliphatic hydroxyl groups is 9. The molecule has 48 heteroatoms. The Morgan fingerprint density at radius 1 is 0.357 bits per heavy atom. The SMILES string of the molecule is C.COC(=O)CN1C(=O)CCC1=O.COC(=O)CNC(=O)CCC(=O)O.COC(=O)CNC(=O)CCC(=O)OCC(OCC(CO)OC(CO)OCC(C)CO)OC(CO)COC(COC(=O)CCC(=O)O)OC.COC(COC(=O)CCC(=O)O)OCC(CO)OC(CO)OCC(CO)OC(CO)OCC(C)CO.II. The molecule has 112 heavy (non-hydrogen) atoms. The van der Waals surface area contributed by atoms with E-state index in [2.05, 4.69) is 62.1 Å². The standard InChI is InChI=1S/C28H49NO19.C21H40O15.C7H11NO5.C7H9NO4.CH4.I2/c1-18(9-30)13-44-26(12-33)47-19(10-31)15-46-28(17-43-23(37)6-4-21(34)29-8-25(39)40-2)48-20(11-32)14-45-27(41-3)16-42-24(38)7-5-22(35)36;1-14(5-22)10-32-19(8-25)35-15(6-23)11-33-20(9-26)36-16(7-24)12-34-21(30-2)13-31-18(29)4-3-17(27)28;1-13-7(12)4-8-5(9)2-3-6(10)11;1-12-7(11)4-8-5(9)2-3-6(8)10;;1-2/h18-20,26-28,30-33H,4-17H2,1-3H3,(H,29,34)(H,35,36);14-16,19-26H,3-13H2,1-2H3,(H,27,28);2-4H2,1H3,(H,8,9)(H,10,11);2-4H2,1H3;1H4;. The van der Waals surface area contributed by atoms with E-state index in [4.69, 9.17) is 96.6 Å². The molecule has 0 radical (unpaired) electrons. The Labute approximate surface area is 669 Å². The van der Waals surface area contributed by atoms with Crippen molar-refractivity contribution < 1.29 is 209 Å².